The maximum atomic E-state index is 14.1. The van der Waals surface area contributed by atoms with Gasteiger partial charge >= 0.3 is 0 Å². The van der Waals surface area contributed by atoms with E-state index in [1.165, 1.54) is 18.4 Å². The van der Waals surface area contributed by atoms with E-state index in [-0.39, 0.29) is 11.3 Å². The molecular weight excluding hydrogens is 417 g/mol. The number of halogens is 2. The van der Waals surface area contributed by atoms with Gasteiger partial charge in [0.1, 0.15) is 5.82 Å². The molecule has 1 aromatic heterocycles. The summed E-state index contributed by atoms with van der Waals surface area (Å²) in [4.78, 5) is 16.5. The molecule has 0 bridgehead atoms. The van der Waals surface area contributed by atoms with Crippen LogP contribution in [0.25, 0.3) is 5.69 Å². The molecule has 5 aliphatic rings. The molecule has 2 aliphatic heterocycles. The van der Waals surface area contributed by atoms with Gasteiger partial charge in [-0.1, -0.05) is 11.6 Å². The fourth-order valence-corrected chi connectivity index (χ4v) is 6.15. The second-order valence-electron chi connectivity index (χ2n) is 10.5. The van der Waals surface area contributed by atoms with E-state index in [0.717, 1.165) is 48.3 Å². The minimum absolute atomic E-state index is 0.144. The standard InChI is InChI=1S/C23H25ClFN5O/c24-16-1-4-18-14(7-16)10-28(17-2-3-17)11-19-26-27-20(30(18)19)15-8-22(9-15)12-29(13-22)21(31)23(25)5-6-23/h1,4,7,15,17H,2-3,5-6,8-13H2. The Labute approximate surface area is 185 Å². The maximum Gasteiger partial charge on any atom is 0.260 e. The van der Waals surface area contributed by atoms with Crippen LogP contribution in [0.5, 0.6) is 0 Å². The Morgan fingerprint density at radius 2 is 1.90 bits per heavy atom. The average molecular weight is 442 g/mol. The van der Waals surface area contributed by atoms with Crippen LogP contribution in [0, 0.1) is 5.41 Å². The number of hydrogen-bond donors (Lipinski definition) is 0. The van der Waals surface area contributed by atoms with E-state index in [1.54, 1.807) is 4.90 Å². The number of carbonyl (C=O) groups excluding carboxylic acids is 1. The molecule has 8 heteroatoms. The van der Waals surface area contributed by atoms with E-state index < -0.39 is 5.67 Å². The van der Waals surface area contributed by atoms with Gasteiger partial charge in [0.25, 0.3) is 5.91 Å². The first-order chi connectivity index (χ1) is 14.9. The summed E-state index contributed by atoms with van der Waals surface area (Å²) in [6.45, 7) is 3.08. The van der Waals surface area contributed by atoms with Crippen LogP contribution < -0.4 is 0 Å². The molecule has 162 valence electrons. The predicted molar refractivity (Wildman–Crippen MR) is 113 cm³/mol. The predicted octanol–water partition coefficient (Wildman–Crippen LogP) is 3.61. The van der Waals surface area contributed by atoms with E-state index in [1.807, 2.05) is 6.07 Å². The highest BCUT2D eigenvalue weighted by Crippen LogP contribution is 2.57. The van der Waals surface area contributed by atoms with Gasteiger partial charge in [0, 0.05) is 42.0 Å². The number of amides is 1. The van der Waals surface area contributed by atoms with Gasteiger partial charge in [-0.25, -0.2) is 4.39 Å². The first-order valence-corrected chi connectivity index (χ1v) is 11.8. The molecule has 3 aliphatic carbocycles. The molecule has 3 heterocycles. The fraction of sp³-hybridized carbons (Fsp3) is 0.609. The molecule has 0 N–H and O–H groups in total. The molecule has 1 saturated heterocycles. The highest BCUT2D eigenvalue weighted by atomic mass is 35.5. The largest absolute Gasteiger partial charge is 0.339 e. The van der Waals surface area contributed by atoms with E-state index in [0.29, 0.717) is 37.9 Å². The molecular formula is C23H25ClFN5O. The Kier molecular flexibility index (Phi) is 3.64. The number of carbonyl (C=O) groups is 1. The van der Waals surface area contributed by atoms with Gasteiger partial charge < -0.3 is 4.90 Å². The summed E-state index contributed by atoms with van der Waals surface area (Å²) < 4.78 is 16.4. The fourth-order valence-electron chi connectivity index (χ4n) is 5.95. The van der Waals surface area contributed by atoms with Gasteiger partial charge in [-0.05, 0) is 62.3 Å². The highest BCUT2D eigenvalue weighted by molar-refractivity contribution is 6.30. The van der Waals surface area contributed by atoms with Crippen molar-refractivity contribution in [2.45, 2.75) is 69.2 Å². The first-order valence-electron chi connectivity index (χ1n) is 11.4. The zero-order valence-corrected chi connectivity index (χ0v) is 18.1. The number of fused-ring (bicyclic) bond motifs is 3. The monoisotopic (exact) mass is 441 g/mol. The third-order valence-electron chi connectivity index (χ3n) is 7.95. The molecule has 7 rings (SSSR count). The summed E-state index contributed by atoms with van der Waals surface area (Å²) in [6, 6.07) is 6.75. The van der Waals surface area contributed by atoms with E-state index in [4.69, 9.17) is 11.6 Å². The van der Waals surface area contributed by atoms with Crippen molar-refractivity contribution in [1.29, 1.82) is 0 Å². The van der Waals surface area contributed by atoms with Crippen molar-refractivity contribution in [1.82, 2.24) is 24.6 Å². The zero-order valence-electron chi connectivity index (χ0n) is 17.4. The van der Waals surface area contributed by atoms with Crippen LogP contribution in [-0.2, 0) is 17.9 Å². The van der Waals surface area contributed by atoms with Crippen LogP contribution in [-0.4, -0.2) is 55.3 Å². The SMILES string of the molecule is O=C(N1CC2(CC(c3nnc4n3-c3ccc(Cl)cc3CN(C3CC3)C4)C2)C1)C1(F)CC1. The van der Waals surface area contributed by atoms with E-state index >= 15 is 0 Å². The molecule has 4 fully saturated rings. The molecule has 0 unspecified atom stereocenters. The van der Waals surface area contributed by atoms with Crippen molar-refractivity contribution >= 4 is 17.5 Å². The molecule has 1 aromatic carbocycles. The van der Waals surface area contributed by atoms with Gasteiger partial charge in [0.2, 0.25) is 0 Å². The molecule has 0 radical (unpaired) electrons. The maximum absolute atomic E-state index is 14.1. The van der Waals surface area contributed by atoms with Crippen molar-refractivity contribution < 1.29 is 9.18 Å². The topological polar surface area (TPSA) is 54.3 Å². The van der Waals surface area contributed by atoms with Gasteiger partial charge in [-0.15, -0.1) is 10.2 Å². The highest BCUT2D eigenvalue weighted by Gasteiger charge is 2.60. The summed E-state index contributed by atoms with van der Waals surface area (Å²) in [5.41, 5.74) is 0.965. The Balaban J connectivity index is 1.14. The van der Waals surface area contributed by atoms with Crippen molar-refractivity contribution in [3.63, 3.8) is 0 Å². The minimum atomic E-state index is -1.55. The third kappa shape index (κ3) is 2.82. The number of aromatic nitrogens is 3. The molecule has 0 atom stereocenters. The van der Waals surface area contributed by atoms with E-state index in [2.05, 4.69) is 31.8 Å². The van der Waals surface area contributed by atoms with Gasteiger partial charge in [0.05, 0.1) is 12.2 Å². The number of benzene rings is 1. The second kappa shape index (κ2) is 6.07. The smallest absolute Gasteiger partial charge is 0.260 e. The van der Waals surface area contributed by atoms with E-state index in [9.17, 15) is 9.18 Å². The quantitative estimate of drug-likeness (QED) is 0.730. The molecule has 2 aromatic rings. The number of alkyl halides is 1. The van der Waals surface area contributed by atoms with Crippen LogP contribution in [0.3, 0.4) is 0 Å². The molecule has 3 saturated carbocycles. The second-order valence-corrected chi connectivity index (χ2v) is 10.9. The number of rotatable bonds is 3. The van der Waals surface area contributed by atoms with Crippen LogP contribution >= 0.6 is 11.6 Å². The van der Waals surface area contributed by atoms with Crippen LogP contribution in [0.15, 0.2) is 18.2 Å². The van der Waals surface area contributed by atoms with Gasteiger partial charge in [0.15, 0.2) is 11.5 Å². The molecule has 31 heavy (non-hydrogen) atoms. The lowest BCUT2D eigenvalue weighted by molar-refractivity contribution is -0.158. The summed E-state index contributed by atoms with van der Waals surface area (Å²) >= 11 is 6.34. The van der Waals surface area contributed by atoms with Gasteiger partial charge in [-0.2, -0.15) is 0 Å². The number of nitrogens with zero attached hydrogens (tertiary/aromatic N) is 5. The Morgan fingerprint density at radius 3 is 2.61 bits per heavy atom. The summed E-state index contributed by atoms with van der Waals surface area (Å²) in [5, 5.41) is 10.00. The average Bonchev–Trinajstić information content (AvgIpc) is 3.59. The molecule has 1 spiro atoms. The molecule has 1 amide bonds. The summed E-state index contributed by atoms with van der Waals surface area (Å²) in [5.74, 6) is 2.07. The Morgan fingerprint density at radius 1 is 1.13 bits per heavy atom. The lowest BCUT2D eigenvalue weighted by atomic mass is 9.57. The van der Waals surface area contributed by atoms with Crippen LogP contribution in [0.1, 0.15) is 61.7 Å². The summed E-state index contributed by atoms with van der Waals surface area (Å²) in [6.07, 6.45) is 5.26. The Hall–Kier alpha value is -1.99. The zero-order chi connectivity index (χ0) is 21.0. The van der Waals surface area contributed by atoms with Crippen LogP contribution in [0.2, 0.25) is 5.02 Å². The van der Waals surface area contributed by atoms with Crippen molar-refractivity contribution in [2.24, 2.45) is 5.41 Å². The van der Waals surface area contributed by atoms with Crippen molar-refractivity contribution in [3.8, 4) is 5.69 Å². The van der Waals surface area contributed by atoms with Crippen molar-refractivity contribution in [2.75, 3.05) is 13.1 Å². The van der Waals surface area contributed by atoms with Gasteiger partial charge in [-0.3, -0.25) is 14.3 Å². The summed E-state index contributed by atoms with van der Waals surface area (Å²) in [7, 11) is 0. The van der Waals surface area contributed by atoms with Crippen molar-refractivity contribution in [3.05, 3.63) is 40.4 Å². The Bertz CT molecular complexity index is 1090. The lowest BCUT2D eigenvalue weighted by Crippen LogP contribution is -2.64. The third-order valence-corrected chi connectivity index (χ3v) is 8.19. The minimum Gasteiger partial charge on any atom is -0.339 e. The molecule has 6 nitrogen and oxygen atoms in total. The normalized spacial score (nSPS) is 25.9. The lowest BCUT2D eigenvalue weighted by Gasteiger charge is -2.59. The number of likely N-dealkylation sites (tertiary alicyclic amines) is 1. The number of hydrogen-bond acceptors (Lipinski definition) is 4. The first kappa shape index (κ1) is 18.6. The van der Waals surface area contributed by atoms with Crippen LogP contribution in [0.4, 0.5) is 4.39 Å².